The lowest BCUT2D eigenvalue weighted by atomic mass is 9.75. The van der Waals surface area contributed by atoms with E-state index < -0.39 is 0 Å². The van der Waals surface area contributed by atoms with Crippen molar-refractivity contribution in [3.63, 3.8) is 0 Å². The monoisotopic (exact) mass is 178 g/mol. The summed E-state index contributed by atoms with van der Waals surface area (Å²) in [6, 6.07) is 0. The van der Waals surface area contributed by atoms with Crippen LogP contribution in [-0.2, 0) is 4.79 Å². The molecule has 0 aromatic carbocycles. The SMILES string of the molecule is C[C@@H]1C[C@]23CCC[C@H]2CC[C@@H]3C1=O. The quantitative estimate of drug-likeness (QED) is 0.557. The van der Waals surface area contributed by atoms with E-state index in [-0.39, 0.29) is 0 Å². The Labute approximate surface area is 79.9 Å². The molecule has 1 nitrogen and oxygen atoms in total. The Morgan fingerprint density at radius 1 is 1.31 bits per heavy atom. The first kappa shape index (κ1) is 8.02. The minimum atomic E-state index is 0.380. The van der Waals surface area contributed by atoms with Crippen LogP contribution in [0, 0.1) is 23.2 Å². The third-order valence-electron chi connectivity index (χ3n) is 5.02. The Morgan fingerprint density at radius 2 is 2.15 bits per heavy atom. The highest BCUT2D eigenvalue weighted by Gasteiger charge is 2.59. The van der Waals surface area contributed by atoms with E-state index in [0.717, 1.165) is 5.92 Å². The van der Waals surface area contributed by atoms with Gasteiger partial charge in [0.1, 0.15) is 5.78 Å². The summed E-state index contributed by atoms with van der Waals surface area (Å²) in [7, 11) is 0. The summed E-state index contributed by atoms with van der Waals surface area (Å²) in [6.45, 7) is 2.14. The minimum Gasteiger partial charge on any atom is -0.299 e. The fourth-order valence-corrected chi connectivity index (χ4v) is 4.57. The molecule has 0 amide bonds. The van der Waals surface area contributed by atoms with Crippen LogP contribution >= 0.6 is 0 Å². The van der Waals surface area contributed by atoms with E-state index in [1.165, 1.54) is 38.5 Å². The van der Waals surface area contributed by atoms with Gasteiger partial charge in [-0.1, -0.05) is 13.3 Å². The average Bonchev–Trinajstić information content (AvgIpc) is 2.64. The second-order valence-corrected chi connectivity index (χ2v) is 5.46. The minimum absolute atomic E-state index is 0.380. The zero-order valence-corrected chi connectivity index (χ0v) is 8.38. The highest BCUT2D eigenvalue weighted by molar-refractivity contribution is 5.87. The molecule has 72 valence electrons. The zero-order valence-electron chi connectivity index (χ0n) is 8.38. The number of Topliss-reactive ketones (excluding diaryl/α,β-unsaturated/α-hetero) is 1. The molecular formula is C12H18O. The molecule has 0 aromatic heterocycles. The van der Waals surface area contributed by atoms with Crippen molar-refractivity contribution in [1.29, 1.82) is 0 Å². The smallest absolute Gasteiger partial charge is 0.139 e. The summed E-state index contributed by atoms with van der Waals surface area (Å²) in [6.07, 6.45) is 7.95. The summed E-state index contributed by atoms with van der Waals surface area (Å²) in [5.41, 5.74) is 0.510. The van der Waals surface area contributed by atoms with Gasteiger partial charge in [-0.25, -0.2) is 0 Å². The standard InChI is InChI=1S/C12H18O/c1-8-7-12-6-2-3-9(12)4-5-10(12)11(8)13/h8-10H,2-7H2,1H3/t8-,9+,10-,12-/m1/s1. The number of hydrogen-bond acceptors (Lipinski definition) is 1. The van der Waals surface area contributed by atoms with Gasteiger partial charge in [-0.05, 0) is 43.4 Å². The predicted octanol–water partition coefficient (Wildman–Crippen LogP) is 2.79. The van der Waals surface area contributed by atoms with Gasteiger partial charge in [-0.2, -0.15) is 0 Å². The Morgan fingerprint density at radius 3 is 3.00 bits per heavy atom. The molecule has 3 rings (SSSR count). The van der Waals surface area contributed by atoms with Gasteiger partial charge in [0.25, 0.3) is 0 Å². The van der Waals surface area contributed by atoms with E-state index >= 15 is 0 Å². The molecule has 1 spiro atoms. The number of ketones is 1. The van der Waals surface area contributed by atoms with Gasteiger partial charge in [0.15, 0.2) is 0 Å². The maximum absolute atomic E-state index is 11.9. The Hall–Kier alpha value is -0.330. The fraction of sp³-hybridized carbons (Fsp3) is 0.917. The van der Waals surface area contributed by atoms with Gasteiger partial charge < -0.3 is 0 Å². The molecule has 0 bridgehead atoms. The van der Waals surface area contributed by atoms with Crippen molar-refractivity contribution in [1.82, 2.24) is 0 Å². The van der Waals surface area contributed by atoms with E-state index in [4.69, 9.17) is 0 Å². The van der Waals surface area contributed by atoms with E-state index in [0.29, 0.717) is 23.0 Å². The van der Waals surface area contributed by atoms with Crippen molar-refractivity contribution in [2.45, 2.75) is 45.4 Å². The summed E-state index contributed by atoms with van der Waals surface area (Å²) >= 11 is 0. The maximum atomic E-state index is 11.9. The Kier molecular flexibility index (Phi) is 1.46. The molecule has 0 heterocycles. The molecule has 0 N–H and O–H groups in total. The van der Waals surface area contributed by atoms with Crippen LogP contribution in [0.15, 0.2) is 0 Å². The van der Waals surface area contributed by atoms with E-state index in [2.05, 4.69) is 6.92 Å². The first-order valence-corrected chi connectivity index (χ1v) is 5.78. The number of carbonyl (C=O) groups excluding carboxylic acids is 1. The van der Waals surface area contributed by atoms with Gasteiger partial charge in [-0.3, -0.25) is 4.79 Å². The third kappa shape index (κ3) is 0.812. The van der Waals surface area contributed by atoms with E-state index in [1.54, 1.807) is 0 Å². The van der Waals surface area contributed by atoms with Gasteiger partial charge in [0, 0.05) is 11.8 Å². The van der Waals surface area contributed by atoms with Crippen LogP contribution in [0.2, 0.25) is 0 Å². The highest BCUT2D eigenvalue weighted by atomic mass is 16.1. The third-order valence-corrected chi connectivity index (χ3v) is 5.02. The van der Waals surface area contributed by atoms with Gasteiger partial charge in [0.05, 0.1) is 0 Å². The molecule has 3 fully saturated rings. The van der Waals surface area contributed by atoms with E-state index in [1.807, 2.05) is 0 Å². The van der Waals surface area contributed by atoms with Crippen LogP contribution in [0.1, 0.15) is 45.4 Å². The molecule has 13 heavy (non-hydrogen) atoms. The maximum Gasteiger partial charge on any atom is 0.139 e. The largest absolute Gasteiger partial charge is 0.299 e. The zero-order chi connectivity index (χ0) is 9.05. The number of carbonyl (C=O) groups is 1. The molecule has 0 radical (unpaired) electrons. The van der Waals surface area contributed by atoms with Crippen LogP contribution in [0.4, 0.5) is 0 Å². The topological polar surface area (TPSA) is 17.1 Å². The second-order valence-electron chi connectivity index (χ2n) is 5.46. The predicted molar refractivity (Wildman–Crippen MR) is 51.3 cm³/mol. The Bertz CT molecular complexity index is 258. The molecule has 0 aliphatic heterocycles. The van der Waals surface area contributed by atoms with Crippen molar-refractivity contribution < 1.29 is 4.79 Å². The van der Waals surface area contributed by atoms with Crippen molar-refractivity contribution >= 4 is 5.78 Å². The molecule has 4 atom stereocenters. The second kappa shape index (κ2) is 2.37. The van der Waals surface area contributed by atoms with Gasteiger partial charge >= 0.3 is 0 Å². The molecule has 1 heteroatoms. The van der Waals surface area contributed by atoms with Crippen molar-refractivity contribution in [2.75, 3.05) is 0 Å². The van der Waals surface area contributed by atoms with Crippen LogP contribution in [0.25, 0.3) is 0 Å². The molecule has 3 aliphatic rings. The van der Waals surface area contributed by atoms with Crippen LogP contribution in [0.5, 0.6) is 0 Å². The van der Waals surface area contributed by atoms with Crippen LogP contribution < -0.4 is 0 Å². The first-order chi connectivity index (χ1) is 6.24. The summed E-state index contributed by atoms with van der Waals surface area (Å²) in [5.74, 6) is 2.39. The lowest BCUT2D eigenvalue weighted by molar-refractivity contribution is -0.124. The van der Waals surface area contributed by atoms with Crippen LogP contribution in [-0.4, -0.2) is 5.78 Å². The van der Waals surface area contributed by atoms with Crippen molar-refractivity contribution in [3.8, 4) is 0 Å². The fourth-order valence-electron chi connectivity index (χ4n) is 4.57. The number of rotatable bonds is 0. The van der Waals surface area contributed by atoms with Gasteiger partial charge in [0.2, 0.25) is 0 Å². The first-order valence-electron chi connectivity index (χ1n) is 5.78. The van der Waals surface area contributed by atoms with Crippen LogP contribution in [0.3, 0.4) is 0 Å². The molecule has 3 saturated carbocycles. The number of hydrogen-bond donors (Lipinski definition) is 0. The Balaban J connectivity index is 2.01. The van der Waals surface area contributed by atoms with Crippen molar-refractivity contribution in [2.24, 2.45) is 23.2 Å². The van der Waals surface area contributed by atoms with Crippen molar-refractivity contribution in [3.05, 3.63) is 0 Å². The average molecular weight is 178 g/mol. The van der Waals surface area contributed by atoms with Gasteiger partial charge in [-0.15, -0.1) is 0 Å². The van der Waals surface area contributed by atoms with E-state index in [9.17, 15) is 4.79 Å². The molecular weight excluding hydrogens is 160 g/mol. The molecule has 3 aliphatic carbocycles. The summed E-state index contributed by atoms with van der Waals surface area (Å²) < 4.78 is 0. The summed E-state index contributed by atoms with van der Waals surface area (Å²) in [4.78, 5) is 11.9. The lowest BCUT2D eigenvalue weighted by Crippen LogP contribution is -2.24. The normalized spacial score (nSPS) is 53.9. The summed E-state index contributed by atoms with van der Waals surface area (Å²) in [5, 5.41) is 0. The molecule has 0 saturated heterocycles. The molecule has 0 aromatic rings. The molecule has 0 unspecified atom stereocenters. The highest BCUT2D eigenvalue weighted by Crippen LogP contribution is 2.64. The lowest BCUT2D eigenvalue weighted by Gasteiger charge is -2.28.